The van der Waals surface area contributed by atoms with Gasteiger partial charge in [0.05, 0.1) is 5.25 Å². The first-order valence-corrected chi connectivity index (χ1v) is 9.93. The fraction of sp³-hybridized carbons (Fsp3) is 0.381. The predicted octanol–water partition coefficient (Wildman–Crippen LogP) is 3.96. The Kier molecular flexibility index (Phi) is 4.71. The van der Waals surface area contributed by atoms with Crippen LogP contribution < -0.4 is 4.90 Å². The van der Waals surface area contributed by atoms with E-state index in [0.29, 0.717) is 6.54 Å². The SMILES string of the molecule is CN(Cc1ccccc1N1CCCC1)C(=O)C1Cc2ccccc2S1. The number of hydrogen-bond donors (Lipinski definition) is 0. The molecule has 25 heavy (non-hydrogen) atoms. The van der Waals surface area contributed by atoms with E-state index in [9.17, 15) is 4.79 Å². The van der Waals surface area contributed by atoms with Crippen molar-refractivity contribution in [2.24, 2.45) is 0 Å². The third kappa shape index (κ3) is 3.40. The molecule has 2 heterocycles. The Bertz CT molecular complexity index is 745. The lowest BCUT2D eigenvalue weighted by Gasteiger charge is -2.25. The number of nitrogens with zero attached hydrogens (tertiary/aromatic N) is 2. The van der Waals surface area contributed by atoms with Gasteiger partial charge in [-0.15, -0.1) is 11.8 Å². The first-order chi connectivity index (χ1) is 12.2. The van der Waals surface area contributed by atoms with Crippen LogP contribution in [0.1, 0.15) is 24.0 Å². The Hall–Kier alpha value is -1.94. The molecule has 1 amide bonds. The minimum absolute atomic E-state index is 0.0151. The Morgan fingerprint density at radius 2 is 1.84 bits per heavy atom. The molecule has 2 aliphatic heterocycles. The number of anilines is 1. The van der Waals surface area contributed by atoms with Crippen LogP contribution in [0, 0.1) is 0 Å². The third-order valence-electron chi connectivity index (χ3n) is 5.14. The van der Waals surface area contributed by atoms with E-state index in [4.69, 9.17) is 0 Å². The minimum atomic E-state index is 0.0151. The van der Waals surface area contributed by atoms with Gasteiger partial charge in [-0.1, -0.05) is 36.4 Å². The molecule has 0 aromatic heterocycles. The lowest BCUT2D eigenvalue weighted by Crippen LogP contribution is -2.34. The number of para-hydroxylation sites is 1. The van der Waals surface area contributed by atoms with Gasteiger partial charge < -0.3 is 9.80 Å². The predicted molar refractivity (Wildman–Crippen MR) is 104 cm³/mol. The number of fused-ring (bicyclic) bond motifs is 1. The molecule has 0 saturated carbocycles. The second kappa shape index (κ2) is 7.12. The number of carbonyl (C=O) groups excluding carboxylic acids is 1. The van der Waals surface area contributed by atoms with Crippen molar-refractivity contribution in [1.29, 1.82) is 0 Å². The van der Waals surface area contributed by atoms with E-state index < -0.39 is 0 Å². The van der Waals surface area contributed by atoms with Crippen molar-refractivity contribution < 1.29 is 4.79 Å². The van der Waals surface area contributed by atoms with Gasteiger partial charge in [0.1, 0.15) is 0 Å². The Labute approximate surface area is 154 Å². The minimum Gasteiger partial charge on any atom is -0.371 e. The van der Waals surface area contributed by atoms with Crippen LogP contribution in [-0.2, 0) is 17.8 Å². The van der Waals surface area contributed by atoms with Crippen molar-refractivity contribution in [2.75, 3.05) is 25.0 Å². The molecule has 1 unspecified atom stereocenters. The highest BCUT2D eigenvalue weighted by molar-refractivity contribution is 8.01. The maximum atomic E-state index is 12.9. The number of hydrogen-bond acceptors (Lipinski definition) is 3. The average Bonchev–Trinajstić information content (AvgIpc) is 3.31. The largest absolute Gasteiger partial charge is 0.371 e. The molecule has 0 aliphatic carbocycles. The van der Waals surface area contributed by atoms with Crippen molar-refractivity contribution in [1.82, 2.24) is 4.90 Å². The highest BCUT2D eigenvalue weighted by atomic mass is 32.2. The number of thioether (sulfide) groups is 1. The zero-order valence-electron chi connectivity index (χ0n) is 14.6. The molecule has 2 aromatic carbocycles. The molecule has 0 radical (unpaired) electrons. The van der Waals surface area contributed by atoms with Crippen LogP contribution in [0.2, 0.25) is 0 Å². The number of rotatable bonds is 4. The molecule has 1 saturated heterocycles. The molecule has 3 nitrogen and oxygen atoms in total. The van der Waals surface area contributed by atoms with Crippen molar-refractivity contribution in [3.63, 3.8) is 0 Å². The van der Waals surface area contributed by atoms with Crippen LogP contribution in [0.3, 0.4) is 0 Å². The summed E-state index contributed by atoms with van der Waals surface area (Å²) in [6.45, 7) is 2.93. The zero-order chi connectivity index (χ0) is 17.2. The van der Waals surface area contributed by atoms with Crippen molar-refractivity contribution >= 4 is 23.4 Å². The second-order valence-corrected chi connectivity index (χ2v) is 8.18. The van der Waals surface area contributed by atoms with Gasteiger partial charge in [0.15, 0.2) is 0 Å². The van der Waals surface area contributed by atoms with Crippen LogP contribution in [0.15, 0.2) is 53.4 Å². The molecular weight excluding hydrogens is 328 g/mol. The average molecular weight is 353 g/mol. The van der Waals surface area contributed by atoms with Gasteiger partial charge in [0.2, 0.25) is 5.91 Å². The number of carbonyl (C=O) groups is 1. The first-order valence-electron chi connectivity index (χ1n) is 9.05. The van der Waals surface area contributed by atoms with Crippen LogP contribution in [0.4, 0.5) is 5.69 Å². The summed E-state index contributed by atoms with van der Waals surface area (Å²) in [6.07, 6.45) is 3.37. The topological polar surface area (TPSA) is 23.6 Å². The Balaban J connectivity index is 1.46. The normalized spacial score (nSPS) is 19.1. The van der Waals surface area contributed by atoms with Crippen LogP contribution in [0.25, 0.3) is 0 Å². The molecule has 4 rings (SSSR count). The quantitative estimate of drug-likeness (QED) is 0.832. The fourth-order valence-electron chi connectivity index (χ4n) is 3.81. The van der Waals surface area contributed by atoms with E-state index >= 15 is 0 Å². The van der Waals surface area contributed by atoms with Gasteiger partial charge in [-0.05, 0) is 42.5 Å². The molecule has 2 aromatic rings. The maximum Gasteiger partial charge on any atom is 0.236 e. The second-order valence-electron chi connectivity index (χ2n) is 6.94. The maximum absolute atomic E-state index is 12.9. The van der Waals surface area contributed by atoms with Gasteiger partial charge in [0, 0.05) is 37.3 Å². The summed E-state index contributed by atoms with van der Waals surface area (Å²) in [7, 11) is 1.94. The van der Waals surface area contributed by atoms with Crippen LogP contribution >= 0.6 is 11.8 Å². The fourth-order valence-corrected chi connectivity index (χ4v) is 5.12. The Morgan fingerprint density at radius 3 is 2.64 bits per heavy atom. The van der Waals surface area contributed by atoms with E-state index in [2.05, 4.69) is 53.4 Å². The highest BCUT2D eigenvalue weighted by Crippen LogP contribution is 2.37. The standard InChI is InChI=1S/C21H24N2OS/c1-22(21(24)20-14-16-8-3-5-11-19(16)25-20)15-17-9-2-4-10-18(17)23-12-6-7-13-23/h2-5,8-11,20H,6-7,12-15H2,1H3. The molecular formula is C21H24N2OS. The van der Waals surface area contributed by atoms with E-state index in [-0.39, 0.29) is 11.2 Å². The Morgan fingerprint density at radius 1 is 1.12 bits per heavy atom. The van der Waals surface area contributed by atoms with Crippen molar-refractivity contribution in [2.45, 2.75) is 36.0 Å². The van der Waals surface area contributed by atoms with Gasteiger partial charge >= 0.3 is 0 Å². The van der Waals surface area contributed by atoms with Crippen LogP contribution in [-0.4, -0.2) is 36.2 Å². The molecule has 1 fully saturated rings. The van der Waals surface area contributed by atoms with E-state index in [0.717, 1.165) is 19.5 Å². The monoisotopic (exact) mass is 352 g/mol. The molecule has 0 bridgehead atoms. The van der Waals surface area contributed by atoms with E-state index in [1.807, 2.05) is 11.9 Å². The number of benzene rings is 2. The van der Waals surface area contributed by atoms with Gasteiger partial charge in [-0.2, -0.15) is 0 Å². The summed E-state index contributed by atoms with van der Waals surface area (Å²) in [4.78, 5) is 18.6. The van der Waals surface area contributed by atoms with E-state index in [1.165, 1.54) is 34.6 Å². The molecule has 0 N–H and O–H groups in total. The lowest BCUT2D eigenvalue weighted by molar-refractivity contribution is -0.129. The molecule has 0 spiro atoms. The smallest absolute Gasteiger partial charge is 0.236 e. The summed E-state index contributed by atoms with van der Waals surface area (Å²) in [5, 5.41) is 0.0151. The highest BCUT2D eigenvalue weighted by Gasteiger charge is 2.30. The lowest BCUT2D eigenvalue weighted by atomic mass is 10.1. The van der Waals surface area contributed by atoms with Gasteiger partial charge in [0.25, 0.3) is 0 Å². The molecule has 1 atom stereocenters. The summed E-state index contributed by atoms with van der Waals surface area (Å²) in [5.74, 6) is 0.234. The molecule has 4 heteroatoms. The zero-order valence-corrected chi connectivity index (χ0v) is 15.5. The van der Waals surface area contributed by atoms with E-state index in [1.54, 1.807) is 11.8 Å². The van der Waals surface area contributed by atoms with Gasteiger partial charge in [-0.25, -0.2) is 0 Å². The molecule has 2 aliphatic rings. The van der Waals surface area contributed by atoms with Gasteiger partial charge in [-0.3, -0.25) is 4.79 Å². The first kappa shape index (κ1) is 16.5. The van der Waals surface area contributed by atoms with Crippen molar-refractivity contribution in [3.05, 3.63) is 59.7 Å². The summed E-state index contributed by atoms with van der Waals surface area (Å²) < 4.78 is 0. The molecule has 130 valence electrons. The van der Waals surface area contributed by atoms with Crippen LogP contribution in [0.5, 0.6) is 0 Å². The summed E-state index contributed by atoms with van der Waals surface area (Å²) in [6, 6.07) is 16.9. The third-order valence-corrected chi connectivity index (χ3v) is 6.45. The number of amides is 1. The van der Waals surface area contributed by atoms with Crippen molar-refractivity contribution in [3.8, 4) is 0 Å². The summed E-state index contributed by atoms with van der Waals surface area (Å²) >= 11 is 1.71. The summed E-state index contributed by atoms with van der Waals surface area (Å²) in [5.41, 5.74) is 3.85.